The molecule has 4 nitrogen and oxygen atoms in total. The van der Waals surface area contributed by atoms with Crippen molar-refractivity contribution in [2.45, 2.75) is 116 Å². The summed E-state index contributed by atoms with van der Waals surface area (Å²) in [7, 11) is 0. The first-order chi connectivity index (χ1) is 14.6. The predicted molar refractivity (Wildman–Crippen MR) is 126 cm³/mol. The zero-order chi connectivity index (χ0) is 22.3. The van der Waals surface area contributed by atoms with Gasteiger partial charge in [-0.3, -0.25) is 9.59 Å². The number of unbranched alkanes of at least 4 members (excludes halogenated alkanes) is 13. The van der Waals surface area contributed by atoms with E-state index in [1.165, 1.54) is 83.1 Å². The summed E-state index contributed by atoms with van der Waals surface area (Å²) in [6.45, 7) is 5.86. The van der Waals surface area contributed by atoms with Gasteiger partial charge in [-0.2, -0.15) is 0 Å². The van der Waals surface area contributed by atoms with E-state index < -0.39 is 17.9 Å². The van der Waals surface area contributed by atoms with Crippen LogP contribution in [0.25, 0.3) is 0 Å². The highest BCUT2D eigenvalue weighted by Crippen LogP contribution is 2.17. The lowest BCUT2D eigenvalue weighted by Gasteiger charge is -2.11. The topological polar surface area (TPSA) is 63.6 Å². The van der Waals surface area contributed by atoms with Gasteiger partial charge in [-0.15, -0.1) is 0 Å². The molecule has 0 saturated carbocycles. The Morgan fingerprint density at radius 2 is 1.33 bits per heavy atom. The Morgan fingerprint density at radius 1 is 0.833 bits per heavy atom. The van der Waals surface area contributed by atoms with E-state index >= 15 is 0 Å². The van der Waals surface area contributed by atoms with Crippen molar-refractivity contribution in [3.63, 3.8) is 0 Å². The molecule has 0 rings (SSSR count). The number of carbonyl (C=O) groups is 2. The number of hydrogen-bond acceptors (Lipinski definition) is 3. The Hall–Kier alpha value is -1.58. The molecule has 0 aromatic rings. The molecule has 30 heavy (non-hydrogen) atoms. The first kappa shape index (κ1) is 28.4. The summed E-state index contributed by atoms with van der Waals surface area (Å²) in [4.78, 5) is 22.8. The molecule has 4 heteroatoms. The molecule has 0 aromatic heterocycles. The van der Waals surface area contributed by atoms with Crippen LogP contribution in [-0.2, 0) is 14.3 Å². The molecular formula is C26H46O4. The lowest BCUT2D eigenvalue weighted by atomic mass is 9.97. The Morgan fingerprint density at radius 3 is 1.83 bits per heavy atom. The molecule has 0 amide bonds. The number of hydrogen-bond donors (Lipinski definition) is 1. The Labute approximate surface area is 185 Å². The molecule has 1 atom stereocenters. The van der Waals surface area contributed by atoms with Gasteiger partial charge in [0.05, 0.1) is 12.3 Å². The second-order valence-electron chi connectivity index (χ2n) is 8.29. The summed E-state index contributed by atoms with van der Waals surface area (Å²) in [5, 5.41) is 9.25. The van der Waals surface area contributed by atoms with Crippen molar-refractivity contribution in [1.82, 2.24) is 0 Å². The van der Waals surface area contributed by atoms with E-state index in [9.17, 15) is 14.7 Å². The minimum Gasteiger partial charge on any atom is -0.481 e. The molecule has 0 saturated heterocycles. The van der Waals surface area contributed by atoms with Gasteiger partial charge >= 0.3 is 11.9 Å². The van der Waals surface area contributed by atoms with Crippen molar-refractivity contribution in [3.8, 4) is 0 Å². The third kappa shape index (κ3) is 19.7. The molecule has 0 radical (unpaired) electrons. The number of ether oxygens (including phenoxy) is 1. The molecule has 0 aliphatic heterocycles. The Balaban J connectivity index is 3.46. The highest BCUT2D eigenvalue weighted by atomic mass is 16.5. The second-order valence-corrected chi connectivity index (χ2v) is 8.29. The van der Waals surface area contributed by atoms with E-state index in [-0.39, 0.29) is 13.0 Å². The Kier molecular flexibility index (Phi) is 20.9. The van der Waals surface area contributed by atoms with Crippen LogP contribution in [0.15, 0.2) is 24.8 Å². The number of carboxylic acids is 1. The van der Waals surface area contributed by atoms with E-state index in [4.69, 9.17) is 4.74 Å². The van der Waals surface area contributed by atoms with Crippen LogP contribution in [0.2, 0.25) is 0 Å². The SMILES string of the molecule is C=CCOC(=O)CC(CCCCCCCCCCCC/C=C/CCCCC)C(=O)O. The van der Waals surface area contributed by atoms with Gasteiger partial charge in [0.25, 0.3) is 0 Å². The highest BCUT2D eigenvalue weighted by Gasteiger charge is 2.21. The smallest absolute Gasteiger partial charge is 0.307 e. The average Bonchev–Trinajstić information content (AvgIpc) is 2.73. The maximum Gasteiger partial charge on any atom is 0.307 e. The van der Waals surface area contributed by atoms with Crippen LogP contribution in [-0.4, -0.2) is 23.7 Å². The summed E-state index contributed by atoms with van der Waals surface area (Å²) >= 11 is 0. The third-order valence-electron chi connectivity index (χ3n) is 5.44. The zero-order valence-corrected chi connectivity index (χ0v) is 19.4. The minimum absolute atomic E-state index is 0.0438. The van der Waals surface area contributed by atoms with Crippen molar-refractivity contribution in [3.05, 3.63) is 24.8 Å². The molecule has 0 bridgehead atoms. The quantitative estimate of drug-likeness (QED) is 0.111. The predicted octanol–water partition coefficient (Wildman–Crippen LogP) is 7.62. The summed E-state index contributed by atoms with van der Waals surface area (Å²) in [6.07, 6.45) is 25.3. The fraction of sp³-hybridized carbons (Fsp3) is 0.769. The maximum absolute atomic E-state index is 11.6. The van der Waals surface area contributed by atoms with Gasteiger partial charge in [-0.1, -0.05) is 102 Å². The summed E-state index contributed by atoms with van der Waals surface area (Å²) < 4.78 is 4.89. The van der Waals surface area contributed by atoms with Crippen molar-refractivity contribution in [1.29, 1.82) is 0 Å². The largest absolute Gasteiger partial charge is 0.481 e. The van der Waals surface area contributed by atoms with Gasteiger partial charge in [0, 0.05) is 0 Å². The first-order valence-electron chi connectivity index (χ1n) is 12.3. The molecule has 1 unspecified atom stereocenters. The average molecular weight is 423 g/mol. The van der Waals surface area contributed by atoms with Crippen LogP contribution in [0, 0.1) is 5.92 Å². The summed E-state index contributed by atoms with van der Waals surface area (Å²) in [5.74, 6) is -1.99. The highest BCUT2D eigenvalue weighted by molar-refractivity contribution is 5.78. The van der Waals surface area contributed by atoms with Crippen molar-refractivity contribution in [2.75, 3.05) is 6.61 Å². The molecule has 0 aromatic carbocycles. The number of allylic oxidation sites excluding steroid dienone is 2. The molecule has 0 fully saturated rings. The molecule has 0 aliphatic carbocycles. The number of rotatable bonds is 22. The molecule has 0 aliphatic rings. The lowest BCUT2D eigenvalue weighted by Crippen LogP contribution is -2.19. The maximum atomic E-state index is 11.6. The van der Waals surface area contributed by atoms with Crippen LogP contribution in [0.1, 0.15) is 116 Å². The fourth-order valence-corrected chi connectivity index (χ4v) is 3.54. The molecular weight excluding hydrogens is 376 g/mol. The third-order valence-corrected chi connectivity index (χ3v) is 5.44. The number of carboxylic acid groups (broad SMARTS) is 1. The fourth-order valence-electron chi connectivity index (χ4n) is 3.54. The van der Waals surface area contributed by atoms with Gasteiger partial charge in [0.15, 0.2) is 0 Å². The lowest BCUT2D eigenvalue weighted by molar-refractivity contribution is -0.151. The number of carbonyl (C=O) groups excluding carboxylic acids is 1. The number of aliphatic carboxylic acids is 1. The van der Waals surface area contributed by atoms with Crippen molar-refractivity contribution >= 4 is 11.9 Å². The molecule has 0 heterocycles. The van der Waals surface area contributed by atoms with E-state index in [0.29, 0.717) is 6.42 Å². The van der Waals surface area contributed by atoms with E-state index in [2.05, 4.69) is 25.7 Å². The van der Waals surface area contributed by atoms with Crippen LogP contribution in [0.4, 0.5) is 0 Å². The standard InChI is InChI=1S/C26H46O4/c1-3-5-6-7-8-9-10-11-12-13-14-15-16-17-18-19-20-21-24(26(28)29)23-25(27)30-22-4-2/h4,8-9,24H,2-3,5-7,10-23H2,1H3,(H,28,29)/b9-8+. The zero-order valence-electron chi connectivity index (χ0n) is 19.4. The molecule has 174 valence electrons. The van der Waals surface area contributed by atoms with Crippen LogP contribution in [0.3, 0.4) is 0 Å². The number of esters is 1. The molecule has 1 N–H and O–H groups in total. The van der Waals surface area contributed by atoms with Gasteiger partial charge in [-0.25, -0.2) is 0 Å². The van der Waals surface area contributed by atoms with Crippen LogP contribution < -0.4 is 0 Å². The van der Waals surface area contributed by atoms with Crippen LogP contribution >= 0.6 is 0 Å². The first-order valence-corrected chi connectivity index (χ1v) is 12.3. The summed E-state index contributed by atoms with van der Waals surface area (Å²) in [5.41, 5.74) is 0. The van der Waals surface area contributed by atoms with E-state index in [1.807, 2.05) is 0 Å². The van der Waals surface area contributed by atoms with Gasteiger partial charge in [-0.05, 0) is 32.1 Å². The van der Waals surface area contributed by atoms with E-state index in [0.717, 1.165) is 19.3 Å². The van der Waals surface area contributed by atoms with Gasteiger partial charge in [0.1, 0.15) is 6.61 Å². The minimum atomic E-state index is -0.905. The monoisotopic (exact) mass is 422 g/mol. The normalized spacial score (nSPS) is 12.2. The van der Waals surface area contributed by atoms with Gasteiger partial charge < -0.3 is 9.84 Å². The van der Waals surface area contributed by atoms with E-state index in [1.54, 1.807) is 0 Å². The molecule has 0 spiro atoms. The summed E-state index contributed by atoms with van der Waals surface area (Å²) in [6, 6.07) is 0. The van der Waals surface area contributed by atoms with Crippen molar-refractivity contribution < 1.29 is 19.4 Å². The van der Waals surface area contributed by atoms with Crippen LogP contribution in [0.5, 0.6) is 0 Å². The van der Waals surface area contributed by atoms with Gasteiger partial charge in [0.2, 0.25) is 0 Å². The van der Waals surface area contributed by atoms with Crippen molar-refractivity contribution in [2.24, 2.45) is 5.92 Å². The second kappa shape index (κ2) is 22.1. The Bertz CT molecular complexity index is 456.